The molecule has 0 amide bonds. The van der Waals surface area contributed by atoms with E-state index in [0.29, 0.717) is 16.9 Å². The molecule has 0 radical (unpaired) electrons. The average Bonchev–Trinajstić information content (AvgIpc) is 2.75. The maximum absolute atomic E-state index is 12.7. The molecule has 1 fully saturated rings. The van der Waals surface area contributed by atoms with Gasteiger partial charge in [-0.15, -0.1) is 0 Å². The van der Waals surface area contributed by atoms with E-state index in [-0.39, 0.29) is 0 Å². The van der Waals surface area contributed by atoms with Gasteiger partial charge in [-0.2, -0.15) is 13.2 Å². The zero-order valence-corrected chi connectivity index (χ0v) is 14.5. The predicted octanol–water partition coefficient (Wildman–Crippen LogP) is 4.07. The van der Waals surface area contributed by atoms with Crippen molar-refractivity contribution < 1.29 is 22.5 Å². The van der Waals surface area contributed by atoms with Crippen molar-refractivity contribution in [2.24, 2.45) is 0 Å². The third-order valence-electron chi connectivity index (χ3n) is 4.77. The van der Waals surface area contributed by atoms with Crippen LogP contribution >= 0.6 is 0 Å². The molecule has 7 heteroatoms. The molecule has 0 bridgehead atoms. The monoisotopic (exact) mass is 349 g/mol. The van der Waals surface area contributed by atoms with Crippen molar-refractivity contribution in [3.05, 3.63) is 48.0 Å². The van der Waals surface area contributed by atoms with Crippen LogP contribution in [0.3, 0.4) is 0 Å². The number of benzene rings is 1. The first-order chi connectivity index (χ1) is 11.5. The number of hydrogen-bond acceptors (Lipinski definition) is 3. The molecular weight excluding hydrogens is 330 g/mol. The average molecular weight is 349 g/mol. The normalized spacial score (nSPS) is 19.2. The summed E-state index contributed by atoms with van der Waals surface area (Å²) in [6.45, 7) is 7.80. The highest BCUT2D eigenvalue weighted by Gasteiger charge is 2.52. The number of pyridine rings is 1. The van der Waals surface area contributed by atoms with E-state index in [0.717, 1.165) is 12.1 Å². The van der Waals surface area contributed by atoms with Crippen molar-refractivity contribution in [3.63, 3.8) is 0 Å². The number of alkyl halides is 3. The highest BCUT2D eigenvalue weighted by atomic mass is 19.4. The van der Waals surface area contributed by atoms with Gasteiger partial charge in [-0.1, -0.05) is 18.2 Å². The molecule has 0 unspecified atom stereocenters. The Labute approximate surface area is 145 Å². The van der Waals surface area contributed by atoms with E-state index >= 15 is 0 Å². The van der Waals surface area contributed by atoms with Crippen LogP contribution in [0.5, 0.6) is 0 Å². The number of nitrogens with zero attached hydrogens (tertiary/aromatic N) is 1. The molecule has 132 valence electrons. The minimum Gasteiger partial charge on any atom is -0.398 e. The fourth-order valence-electron chi connectivity index (χ4n) is 2.54. The van der Waals surface area contributed by atoms with Crippen LogP contribution < -0.4 is 5.59 Å². The first-order valence-corrected chi connectivity index (χ1v) is 8.00. The van der Waals surface area contributed by atoms with E-state index in [1.807, 2.05) is 27.7 Å². The summed E-state index contributed by atoms with van der Waals surface area (Å²) in [6.07, 6.45) is -4.35. The predicted molar refractivity (Wildman–Crippen MR) is 90.4 cm³/mol. The maximum atomic E-state index is 12.7. The molecule has 3 nitrogen and oxygen atoms in total. The van der Waals surface area contributed by atoms with Crippen molar-refractivity contribution in [3.8, 4) is 11.3 Å². The minimum absolute atomic E-state index is 0.482. The third-order valence-corrected chi connectivity index (χ3v) is 4.77. The van der Waals surface area contributed by atoms with Crippen LogP contribution in [0.1, 0.15) is 33.3 Å². The molecule has 0 aliphatic carbocycles. The van der Waals surface area contributed by atoms with E-state index in [4.69, 9.17) is 9.31 Å². The van der Waals surface area contributed by atoms with E-state index in [1.54, 1.807) is 18.2 Å². The second-order valence-electron chi connectivity index (χ2n) is 7.11. The van der Waals surface area contributed by atoms with E-state index in [9.17, 15) is 13.2 Å². The Bertz CT molecular complexity index is 757. The van der Waals surface area contributed by atoms with Crippen molar-refractivity contribution in [1.82, 2.24) is 4.98 Å². The van der Waals surface area contributed by atoms with Crippen LogP contribution in [0, 0.1) is 0 Å². The first kappa shape index (κ1) is 18.0. The van der Waals surface area contributed by atoms with Crippen LogP contribution in [-0.2, 0) is 15.5 Å². The molecule has 3 rings (SSSR count). The molecule has 0 atom stereocenters. The van der Waals surface area contributed by atoms with Gasteiger partial charge >= 0.3 is 13.3 Å². The molecule has 1 aliphatic rings. The lowest BCUT2D eigenvalue weighted by Gasteiger charge is -2.32. The summed E-state index contributed by atoms with van der Waals surface area (Å²) in [5.74, 6) is 0. The van der Waals surface area contributed by atoms with Gasteiger partial charge in [-0.25, -0.2) is 0 Å². The van der Waals surface area contributed by atoms with Crippen LogP contribution in [-0.4, -0.2) is 23.3 Å². The fraction of sp³-hybridized carbons (Fsp3) is 0.389. The summed E-state index contributed by atoms with van der Waals surface area (Å²) in [6, 6.07) is 10.3. The van der Waals surface area contributed by atoms with Gasteiger partial charge in [0.25, 0.3) is 0 Å². The summed E-state index contributed by atoms with van der Waals surface area (Å²) in [4.78, 5) is 4.52. The zero-order chi connectivity index (χ0) is 18.5. The standard InChI is InChI=1S/C18H19BF3NO2/c1-16(2)17(3,4)25-19(24-16)15-7-5-6-14(23-15)12-8-10-13(11-9-12)18(20,21)22/h5-11H,1-4H3. The molecule has 2 heterocycles. The minimum atomic E-state index is -4.35. The Morgan fingerprint density at radius 2 is 1.44 bits per heavy atom. The second-order valence-corrected chi connectivity index (χ2v) is 7.11. The summed E-state index contributed by atoms with van der Waals surface area (Å²) in [5.41, 5.74) is 0.120. The Morgan fingerprint density at radius 3 is 1.96 bits per heavy atom. The molecule has 1 aromatic heterocycles. The second kappa shape index (κ2) is 5.85. The molecule has 0 spiro atoms. The Morgan fingerprint density at radius 1 is 0.880 bits per heavy atom. The Balaban J connectivity index is 1.88. The van der Waals surface area contributed by atoms with Crippen molar-refractivity contribution in [1.29, 1.82) is 0 Å². The van der Waals surface area contributed by atoms with Crippen molar-refractivity contribution in [2.45, 2.75) is 45.1 Å². The molecule has 1 aromatic carbocycles. The van der Waals surface area contributed by atoms with Gasteiger partial charge < -0.3 is 9.31 Å². The molecule has 0 saturated carbocycles. The molecular formula is C18H19BF3NO2. The largest absolute Gasteiger partial charge is 0.514 e. The summed E-state index contributed by atoms with van der Waals surface area (Å²) in [7, 11) is -0.612. The number of aromatic nitrogens is 1. The molecule has 25 heavy (non-hydrogen) atoms. The smallest absolute Gasteiger partial charge is 0.398 e. The summed E-state index contributed by atoms with van der Waals surface area (Å²) < 4.78 is 50.0. The zero-order valence-electron chi connectivity index (χ0n) is 14.5. The van der Waals surface area contributed by atoms with Gasteiger partial charge in [-0.05, 0) is 52.0 Å². The van der Waals surface area contributed by atoms with Crippen LogP contribution in [0.25, 0.3) is 11.3 Å². The van der Waals surface area contributed by atoms with E-state index in [1.165, 1.54) is 12.1 Å². The molecule has 1 saturated heterocycles. The lowest BCUT2D eigenvalue weighted by molar-refractivity contribution is -0.137. The highest BCUT2D eigenvalue weighted by Crippen LogP contribution is 2.36. The fourth-order valence-corrected chi connectivity index (χ4v) is 2.54. The number of halogens is 3. The van der Waals surface area contributed by atoms with Crippen LogP contribution in [0.2, 0.25) is 0 Å². The topological polar surface area (TPSA) is 31.4 Å². The number of hydrogen-bond donors (Lipinski definition) is 0. The quantitative estimate of drug-likeness (QED) is 0.766. The molecule has 2 aromatic rings. The van der Waals surface area contributed by atoms with Gasteiger partial charge in [-0.3, -0.25) is 4.98 Å². The van der Waals surface area contributed by atoms with Gasteiger partial charge in [0.05, 0.1) is 28.1 Å². The summed E-state index contributed by atoms with van der Waals surface area (Å²) >= 11 is 0. The number of rotatable bonds is 2. The SMILES string of the molecule is CC1(C)OB(c2cccc(-c3ccc(C(F)(F)F)cc3)n2)OC1(C)C. The van der Waals surface area contributed by atoms with E-state index < -0.39 is 30.1 Å². The van der Waals surface area contributed by atoms with Gasteiger partial charge in [0.2, 0.25) is 0 Å². The van der Waals surface area contributed by atoms with Crippen molar-refractivity contribution in [2.75, 3.05) is 0 Å². The molecule has 1 aliphatic heterocycles. The first-order valence-electron chi connectivity index (χ1n) is 8.00. The van der Waals surface area contributed by atoms with Crippen LogP contribution in [0.4, 0.5) is 13.2 Å². The van der Waals surface area contributed by atoms with Crippen molar-refractivity contribution >= 4 is 12.7 Å². The van der Waals surface area contributed by atoms with Gasteiger partial charge in [0.1, 0.15) is 0 Å². The lowest BCUT2D eigenvalue weighted by Crippen LogP contribution is -2.41. The summed E-state index contributed by atoms with van der Waals surface area (Å²) in [5, 5.41) is 0. The maximum Gasteiger partial charge on any atom is 0.514 e. The van der Waals surface area contributed by atoms with Gasteiger partial charge in [0.15, 0.2) is 0 Å². The Hall–Kier alpha value is -1.86. The lowest BCUT2D eigenvalue weighted by atomic mass is 9.84. The van der Waals surface area contributed by atoms with Crippen LogP contribution in [0.15, 0.2) is 42.5 Å². The van der Waals surface area contributed by atoms with E-state index in [2.05, 4.69) is 4.98 Å². The Kier molecular flexibility index (Phi) is 4.20. The molecule has 0 N–H and O–H groups in total. The third kappa shape index (κ3) is 3.44. The highest BCUT2D eigenvalue weighted by molar-refractivity contribution is 6.61. The van der Waals surface area contributed by atoms with Gasteiger partial charge in [0, 0.05) is 5.56 Å².